The molecule has 1 fully saturated rings. The average molecular weight is 296 g/mol. The third-order valence-electron chi connectivity index (χ3n) is 3.93. The van der Waals surface area contributed by atoms with E-state index >= 15 is 0 Å². The van der Waals surface area contributed by atoms with Gasteiger partial charge in [0.2, 0.25) is 0 Å². The van der Waals surface area contributed by atoms with E-state index in [4.69, 9.17) is 4.74 Å². The lowest BCUT2D eigenvalue weighted by Gasteiger charge is -2.19. The number of nitrogens with one attached hydrogen (secondary N) is 1. The molecular weight excluding hydrogens is 272 g/mol. The minimum Gasteiger partial charge on any atom is -0.465 e. The number of anilines is 1. The maximum Gasteiger partial charge on any atom is 0.317 e. The van der Waals surface area contributed by atoms with E-state index in [1.54, 1.807) is 11.3 Å². The van der Waals surface area contributed by atoms with Crippen LogP contribution in [0.3, 0.4) is 0 Å². The third kappa shape index (κ3) is 3.51. The van der Waals surface area contributed by atoms with Gasteiger partial charge in [0.05, 0.1) is 12.3 Å². The van der Waals surface area contributed by atoms with Crippen molar-refractivity contribution in [2.75, 3.05) is 18.5 Å². The summed E-state index contributed by atoms with van der Waals surface area (Å²) in [6.45, 7) is 9.17. The highest BCUT2D eigenvalue weighted by Crippen LogP contribution is 2.36. The summed E-state index contributed by atoms with van der Waals surface area (Å²) in [5, 5.41) is 6.22. The third-order valence-corrected chi connectivity index (χ3v) is 4.73. The number of carbonyl (C=O) groups excluding carboxylic acids is 1. The number of hydrogen-bond donors (Lipinski definition) is 1. The Bertz CT molecular complexity index is 466. The molecule has 0 spiro atoms. The van der Waals surface area contributed by atoms with Gasteiger partial charge in [0.1, 0.15) is 5.41 Å². The van der Waals surface area contributed by atoms with Crippen LogP contribution in [0.5, 0.6) is 0 Å². The van der Waals surface area contributed by atoms with Gasteiger partial charge in [-0.05, 0) is 45.4 Å². The van der Waals surface area contributed by atoms with Gasteiger partial charge in [-0.3, -0.25) is 4.79 Å². The van der Waals surface area contributed by atoms with Crippen molar-refractivity contribution in [1.82, 2.24) is 4.98 Å². The highest BCUT2D eigenvalue weighted by molar-refractivity contribution is 7.13. The maximum absolute atomic E-state index is 12.0. The Morgan fingerprint density at radius 2 is 2.30 bits per heavy atom. The van der Waals surface area contributed by atoms with Crippen molar-refractivity contribution >= 4 is 22.4 Å². The molecular formula is C15H24N2O2S. The molecule has 5 heteroatoms. The summed E-state index contributed by atoms with van der Waals surface area (Å²) in [5.41, 5.74) is 0.0942. The van der Waals surface area contributed by atoms with Crippen LogP contribution in [0.2, 0.25) is 0 Å². The molecule has 1 aromatic heterocycles. The van der Waals surface area contributed by atoms with Crippen LogP contribution >= 0.6 is 11.3 Å². The van der Waals surface area contributed by atoms with E-state index < -0.39 is 5.41 Å². The van der Waals surface area contributed by atoms with Gasteiger partial charge in [0.15, 0.2) is 5.13 Å². The highest BCUT2D eigenvalue weighted by atomic mass is 32.1. The van der Waals surface area contributed by atoms with Gasteiger partial charge >= 0.3 is 5.97 Å². The number of nitrogens with zero attached hydrogens (tertiary/aromatic N) is 1. The topological polar surface area (TPSA) is 51.2 Å². The normalized spacial score (nSPS) is 16.8. The van der Waals surface area contributed by atoms with Crippen molar-refractivity contribution in [3.63, 3.8) is 0 Å². The zero-order valence-corrected chi connectivity index (χ0v) is 13.5. The van der Waals surface area contributed by atoms with Crippen molar-refractivity contribution in [2.24, 2.45) is 11.8 Å². The zero-order chi connectivity index (χ0) is 14.8. The second-order valence-electron chi connectivity index (χ2n) is 6.08. The van der Waals surface area contributed by atoms with Crippen LogP contribution in [0.25, 0.3) is 0 Å². The van der Waals surface area contributed by atoms with Crippen molar-refractivity contribution in [2.45, 2.75) is 46.0 Å². The van der Waals surface area contributed by atoms with Gasteiger partial charge in [-0.1, -0.05) is 6.92 Å². The molecule has 1 N–H and O–H groups in total. The summed E-state index contributed by atoms with van der Waals surface area (Å²) in [5.74, 6) is 1.36. The molecule has 1 aliphatic rings. The first-order valence-corrected chi connectivity index (χ1v) is 8.20. The largest absolute Gasteiger partial charge is 0.465 e. The second-order valence-corrected chi connectivity index (χ2v) is 6.94. The van der Waals surface area contributed by atoms with Crippen molar-refractivity contribution in [1.29, 1.82) is 0 Å². The number of rotatable bonds is 7. The molecule has 0 aromatic carbocycles. The lowest BCUT2D eigenvalue weighted by atomic mass is 9.90. The van der Waals surface area contributed by atoms with Gasteiger partial charge in [-0.25, -0.2) is 4.98 Å². The number of ether oxygens (including phenoxy) is 1. The van der Waals surface area contributed by atoms with Crippen LogP contribution in [0.1, 0.15) is 46.2 Å². The summed E-state index contributed by atoms with van der Waals surface area (Å²) < 4.78 is 5.11. The van der Waals surface area contributed by atoms with Gasteiger partial charge < -0.3 is 10.1 Å². The van der Waals surface area contributed by atoms with E-state index in [1.807, 2.05) is 26.2 Å². The van der Waals surface area contributed by atoms with Gasteiger partial charge in [0, 0.05) is 11.9 Å². The molecule has 0 aliphatic heterocycles. The fraction of sp³-hybridized carbons (Fsp3) is 0.733. The summed E-state index contributed by atoms with van der Waals surface area (Å²) in [4.78, 5) is 16.5. The molecule has 4 nitrogen and oxygen atoms in total. The molecule has 0 radical (unpaired) electrons. The van der Waals surface area contributed by atoms with Gasteiger partial charge in [0.25, 0.3) is 0 Å². The summed E-state index contributed by atoms with van der Waals surface area (Å²) in [6.07, 6.45) is 2.73. The Morgan fingerprint density at radius 3 is 2.90 bits per heavy atom. The summed E-state index contributed by atoms with van der Waals surface area (Å²) >= 11 is 1.56. The Kier molecular flexibility index (Phi) is 4.68. The monoisotopic (exact) mass is 296 g/mol. The Hall–Kier alpha value is -1.10. The molecule has 0 saturated heterocycles. The van der Waals surface area contributed by atoms with E-state index in [-0.39, 0.29) is 5.97 Å². The highest BCUT2D eigenvalue weighted by Gasteiger charge is 2.34. The zero-order valence-electron chi connectivity index (χ0n) is 12.7. The fourth-order valence-corrected chi connectivity index (χ4v) is 3.03. The predicted octanol–water partition coefficient (Wildman–Crippen LogP) is 3.44. The second kappa shape index (κ2) is 6.12. The SMILES string of the molecule is CCOC(=O)C(C)(C)c1csc(NCC(C)C2CC2)n1. The molecule has 1 unspecified atom stereocenters. The lowest BCUT2D eigenvalue weighted by molar-refractivity contribution is -0.148. The maximum atomic E-state index is 12.0. The number of carbonyl (C=O) groups is 1. The van der Waals surface area contributed by atoms with E-state index in [9.17, 15) is 4.79 Å². The first-order valence-electron chi connectivity index (χ1n) is 7.32. The van der Waals surface area contributed by atoms with E-state index in [1.165, 1.54) is 12.8 Å². The molecule has 20 heavy (non-hydrogen) atoms. The number of hydrogen-bond acceptors (Lipinski definition) is 5. The predicted molar refractivity (Wildman–Crippen MR) is 82.2 cm³/mol. The molecule has 1 heterocycles. The Morgan fingerprint density at radius 1 is 1.60 bits per heavy atom. The Balaban J connectivity index is 1.94. The molecule has 0 amide bonds. The minimum atomic E-state index is -0.686. The molecule has 2 rings (SSSR count). The molecule has 1 saturated carbocycles. The number of aromatic nitrogens is 1. The molecule has 1 aromatic rings. The standard InChI is InChI=1S/C15H24N2O2S/c1-5-19-13(18)15(3,4)12-9-20-14(17-12)16-8-10(2)11-6-7-11/h9-11H,5-8H2,1-4H3,(H,16,17). The van der Waals surface area contributed by atoms with Crippen LogP contribution in [-0.4, -0.2) is 24.1 Å². The van der Waals surface area contributed by atoms with Crippen molar-refractivity contribution < 1.29 is 9.53 Å². The average Bonchev–Trinajstić information content (AvgIpc) is 3.14. The van der Waals surface area contributed by atoms with Gasteiger partial charge in [-0.15, -0.1) is 11.3 Å². The van der Waals surface area contributed by atoms with E-state index in [2.05, 4.69) is 17.2 Å². The van der Waals surface area contributed by atoms with Crippen LogP contribution in [0.4, 0.5) is 5.13 Å². The molecule has 0 bridgehead atoms. The van der Waals surface area contributed by atoms with Crippen LogP contribution < -0.4 is 5.32 Å². The van der Waals surface area contributed by atoms with E-state index in [0.29, 0.717) is 12.5 Å². The quantitative estimate of drug-likeness (QED) is 0.783. The molecule has 1 aliphatic carbocycles. The first kappa shape index (κ1) is 15.3. The first-order chi connectivity index (χ1) is 9.45. The lowest BCUT2D eigenvalue weighted by Crippen LogP contribution is -2.31. The number of thiazole rings is 1. The molecule has 112 valence electrons. The van der Waals surface area contributed by atoms with E-state index in [0.717, 1.165) is 23.3 Å². The fourth-order valence-electron chi connectivity index (χ4n) is 2.14. The number of esters is 1. The smallest absolute Gasteiger partial charge is 0.317 e. The van der Waals surface area contributed by atoms with Gasteiger partial charge in [-0.2, -0.15) is 0 Å². The summed E-state index contributed by atoms with van der Waals surface area (Å²) in [7, 11) is 0. The van der Waals surface area contributed by atoms with Crippen LogP contribution in [-0.2, 0) is 14.9 Å². The van der Waals surface area contributed by atoms with Crippen molar-refractivity contribution in [3.05, 3.63) is 11.1 Å². The Labute approximate surface area is 124 Å². The minimum absolute atomic E-state index is 0.219. The van der Waals surface area contributed by atoms with Crippen molar-refractivity contribution in [3.8, 4) is 0 Å². The van der Waals surface area contributed by atoms with Crippen LogP contribution in [0, 0.1) is 11.8 Å². The molecule has 1 atom stereocenters. The van der Waals surface area contributed by atoms with Crippen LogP contribution in [0.15, 0.2) is 5.38 Å². The summed E-state index contributed by atoms with van der Waals surface area (Å²) in [6, 6.07) is 0.